The molecule has 2 aromatic carbocycles. The molecule has 3 rings (SSSR count). The molecule has 0 saturated carbocycles. The zero-order valence-corrected chi connectivity index (χ0v) is 71.9. The van der Waals surface area contributed by atoms with Crippen molar-refractivity contribution in [3.8, 4) is 23.7 Å². The van der Waals surface area contributed by atoms with Gasteiger partial charge in [-0.25, -0.2) is 4.70 Å². The van der Waals surface area contributed by atoms with Gasteiger partial charge in [0.15, 0.2) is 0 Å². The van der Waals surface area contributed by atoms with Crippen molar-refractivity contribution < 1.29 is 19.1 Å². The summed E-state index contributed by atoms with van der Waals surface area (Å²) in [6, 6.07) is 17.7. The molecule has 0 bridgehead atoms. The normalized spacial score (nSPS) is 12.2. The maximum atomic E-state index is 12.5. The van der Waals surface area contributed by atoms with Crippen molar-refractivity contribution >= 4 is 11.4 Å². The average Bonchev–Trinajstić information content (AvgIpc) is 1.60. The van der Waals surface area contributed by atoms with Crippen LogP contribution in [-0.4, -0.2) is 4.70 Å². The molecule has 0 spiro atoms. The summed E-state index contributed by atoms with van der Waals surface area (Å²) < 4.78 is 1.54. The van der Waals surface area contributed by atoms with Crippen LogP contribution in [0, 0.1) is 23.7 Å². The van der Waals surface area contributed by atoms with Gasteiger partial charge in [0.2, 0.25) is 11.4 Å². The van der Waals surface area contributed by atoms with E-state index in [-0.39, 0.29) is 0 Å². The predicted octanol–water partition coefficient (Wildman–Crippen LogP) is 35.7. The summed E-state index contributed by atoms with van der Waals surface area (Å²) in [5.41, 5.74) is 21.3. The molecule has 2 nitrogen and oxygen atoms in total. The second kappa shape index (κ2) is 78.3. The van der Waals surface area contributed by atoms with Crippen molar-refractivity contribution in [3.63, 3.8) is 0 Å². The van der Waals surface area contributed by atoms with Crippen LogP contribution in [0.15, 0.2) is 59.7 Å². The Morgan fingerprint density at radius 3 is 0.971 bits per heavy atom. The van der Waals surface area contributed by atoms with Crippen LogP contribution < -0.4 is 0 Å². The van der Waals surface area contributed by atoms with Gasteiger partial charge in [-0.05, 0) is 74.3 Å². The predicted molar refractivity (Wildman–Crippen MR) is 465 cm³/mol. The van der Waals surface area contributed by atoms with E-state index in [0.29, 0.717) is 0 Å². The summed E-state index contributed by atoms with van der Waals surface area (Å²) in [4.78, 5) is 0. The van der Waals surface area contributed by atoms with Crippen LogP contribution in [0.3, 0.4) is 0 Å². The fraction of sp³-hybridized carbons (Fsp3) is 0.802. The Bertz CT molecular complexity index is 2340. The molecule has 0 unspecified atom stereocenters. The Hall–Kier alpha value is -2.87. The van der Waals surface area contributed by atoms with E-state index in [4.69, 9.17) is 0 Å². The molecule has 0 atom stereocenters. The van der Waals surface area contributed by atoms with Gasteiger partial charge in [0.1, 0.15) is 5.57 Å². The topological polar surface area (TPSA) is 25.3 Å². The monoisotopic (exact) mass is 1480 g/mol. The molecular formula is C101H176N2Ni. The van der Waals surface area contributed by atoms with E-state index in [0.717, 1.165) is 79.5 Å². The van der Waals surface area contributed by atoms with E-state index in [9.17, 15) is 5.53 Å². The van der Waals surface area contributed by atoms with E-state index in [1.807, 2.05) is 14.4 Å². The number of nitrogens with zero attached hydrogens (tertiary/aromatic N) is 2. The third kappa shape index (κ3) is 57.3. The van der Waals surface area contributed by atoms with E-state index in [1.165, 1.54) is 450 Å². The van der Waals surface area contributed by atoms with Crippen LogP contribution in [0.1, 0.15) is 520 Å². The average molecular weight is 1480 g/mol. The quantitative estimate of drug-likeness (QED) is 0.0273. The van der Waals surface area contributed by atoms with Crippen molar-refractivity contribution in [2.24, 2.45) is 0 Å². The first kappa shape index (κ1) is 97.2. The van der Waals surface area contributed by atoms with E-state index < -0.39 is 0 Å². The molecule has 0 radical (unpaired) electrons. The van der Waals surface area contributed by atoms with Crippen molar-refractivity contribution in [2.75, 3.05) is 0 Å². The first-order valence-electron chi connectivity index (χ1n) is 47.1. The van der Waals surface area contributed by atoms with Crippen LogP contribution >= 0.6 is 0 Å². The molecule has 0 saturated heterocycles. The van der Waals surface area contributed by atoms with E-state index in [2.05, 4.69) is 114 Å². The number of allylic oxidation sites excluding steroid dienone is 2. The van der Waals surface area contributed by atoms with Gasteiger partial charge in [-0.1, -0.05) is 347 Å². The zero-order valence-electron chi connectivity index (χ0n) is 70.9. The molecule has 0 aromatic heterocycles. The standard InChI is InChI=1S/C61H94N2.2C20H41.Ni/c1-5-9-13-16-19-21-23-24-25-26-27-28-29-30-31-33-35-38-40-51-58-59(52-41-37-18-15-11-7-3)61(63(62)60(58)56-49-44-46-54(53-56)45-12-8-4)57-50-43-42-48-55(57)47-39-36-34-32-22-20-17-14-10-6-2;2*1-3-5-7-9-11-13-15-17-19-20-18-16-14-12-10-8-6-4-2;/h42-44,46,48-50,53H,5-33,35,37-39,41,45,47,52H2,1-4H3;2*1,3-20H2,2H3;. The number of hydrogen-bond donors (Lipinski definition) is 0. The number of aryl methyl sites for hydroxylation is 2. The van der Waals surface area contributed by atoms with Gasteiger partial charge in [-0.2, -0.15) is 0 Å². The second-order valence-corrected chi connectivity index (χ2v) is 33.9. The van der Waals surface area contributed by atoms with Crippen LogP contribution in [0.25, 0.3) is 16.9 Å². The molecule has 1 aliphatic heterocycles. The molecule has 3 heteroatoms. The van der Waals surface area contributed by atoms with Crippen LogP contribution in [0.4, 0.5) is 0 Å². The van der Waals surface area contributed by atoms with Crippen molar-refractivity contribution in [3.05, 3.63) is 87.5 Å². The van der Waals surface area contributed by atoms with Crippen LogP contribution in [-0.2, 0) is 27.3 Å². The first-order valence-corrected chi connectivity index (χ1v) is 48.5. The zero-order chi connectivity index (χ0) is 74.4. The van der Waals surface area contributed by atoms with Gasteiger partial charge in [-0.3, -0.25) is 0 Å². The third-order valence-electron chi connectivity index (χ3n) is 22.4. The van der Waals surface area contributed by atoms with E-state index >= 15 is 0 Å². The molecule has 0 amide bonds. The van der Waals surface area contributed by atoms with Crippen LogP contribution in [0.2, 0.25) is 10.8 Å². The first-order chi connectivity index (χ1) is 51.6. The van der Waals surface area contributed by atoms with Crippen LogP contribution in [0.5, 0.6) is 0 Å². The van der Waals surface area contributed by atoms with Gasteiger partial charge >= 0.3 is 166 Å². The Morgan fingerprint density at radius 1 is 0.279 bits per heavy atom. The molecule has 1 aliphatic rings. The van der Waals surface area contributed by atoms with Gasteiger partial charge in [0, 0.05) is 36.0 Å². The Morgan fingerprint density at radius 2 is 0.596 bits per heavy atom. The summed E-state index contributed by atoms with van der Waals surface area (Å²) in [6.45, 7) is 13.8. The Kier molecular flexibility index (Phi) is 73.2. The molecule has 600 valence electrons. The molecule has 2 aromatic rings. The van der Waals surface area contributed by atoms with Gasteiger partial charge < -0.3 is 5.53 Å². The molecular weight excluding hydrogens is 1300 g/mol. The van der Waals surface area contributed by atoms with E-state index in [1.54, 1.807) is 0 Å². The van der Waals surface area contributed by atoms with Crippen molar-refractivity contribution in [1.29, 1.82) is 0 Å². The minimum atomic E-state index is 0.837. The summed E-state index contributed by atoms with van der Waals surface area (Å²) in [5.74, 6) is 14.4. The van der Waals surface area contributed by atoms with Gasteiger partial charge in [0.25, 0.3) is 0 Å². The second-order valence-electron chi connectivity index (χ2n) is 32.4. The molecule has 1 heterocycles. The smallest absolute Gasteiger partial charge is 0.0654 e. The van der Waals surface area contributed by atoms with Crippen molar-refractivity contribution in [1.82, 2.24) is 0 Å². The fourth-order valence-electron chi connectivity index (χ4n) is 15.5. The van der Waals surface area contributed by atoms with Crippen molar-refractivity contribution in [2.45, 2.75) is 521 Å². The number of rotatable bonds is 75. The minimum Gasteiger partial charge on any atom is -0.0654 e. The maximum absolute atomic E-state index is 12.5. The van der Waals surface area contributed by atoms with Gasteiger partial charge in [0.05, 0.1) is 0 Å². The summed E-state index contributed by atoms with van der Waals surface area (Å²) in [5, 5.41) is 2.87. The fourth-order valence-corrected chi connectivity index (χ4v) is 16.7. The summed E-state index contributed by atoms with van der Waals surface area (Å²) >= 11 is 2.05. The Labute approximate surface area is 658 Å². The number of hydrogen-bond acceptors (Lipinski definition) is 0. The summed E-state index contributed by atoms with van der Waals surface area (Å²) in [7, 11) is 0. The third-order valence-corrected chi connectivity index (χ3v) is 23.8. The minimum absolute atomic E-state index is 0.837. The van der Waals surface area contributed by atoms with Gasteiger partial charge in [-0.15, -0.1) is 11.8 Å². The SMILES string of the molecule is CCCCCCCCC#CCCc1ccccc1C1=C(CCCCCCCC)C(C#CCCCCCCCCCCCCCCCCCCC)=C(c2cccc(CCCC)c2)[N+]1=[N-].CCCCCCCCCCCCCCCCCCC[CH2][Ni][CH2]CCCCCCCCCCCCCCCCCCC. The molecule has 104 heavy (non-hydrogen) atoms. The number of benzene rings is 2. The molecule has 0 N–H and O–H groups in total. The Balaban J connectivity index is 0.000000777. The molecule has 0 aliphatic carbocycles. The summed E-state index contributed by atoms with van der Waals surface area (Å²) in [6.07, 6.45) is 100.0. The number of unbranched alkanes of at least 4 members (excludes halogenated alkanes) is 63. The molecule has 0 fully saturated rings.